The number of anilines is 1. The molecule has 0 radical (unpaired) electrons. The second-order valence-electron chi connectivity index (χ2n) is 7.26. The summed E-state index contributed by atoms with van der Waals surface area (Å²) in [6.07, 6.45) is 0.691. The van der Waals surface area contributed by atoms with Crippen LogP contribution >= 0.6 is 0 Å². The van der Waals surface area contributed by atoms with Crippen molar-refractivity contribution < 1.29 is 24.1 Å². The summed E-state index contributed by atoms with van der Waals surface area (Å²) in [4.78, 5) is 12.6. The van der Waals surface area contributed by atoms with Crippen LogP contribution in [0.4, 0.5) is 5.82 Å². The van der Waals surface area contributed by atoms with Crippen molar-refractivity contribution in [2.75, 3.05) is 19.5 Å². The Bertz CT molecular complexity index is 1040. The van der Waals surface area contributed by atoms with E-state index in [1.165, 1.54) is 6.33 Å². The van der Waals surface area contributed by atoms with Crippen LogP contribution < -0.4 is 10.5 Å². The minimum absolute atomic E-state index is 0.209. The Morgan fingerprint density at radius 1 is 1.21 bits per heavy atom. The Hall–Kier alpha value is -2.79. The first kappa shape index (κ1) is 18.3. The number of ether oxygens (including phenoxy) is 4. The molecule has 10 nitrogen and oxygen atoms in total. The van der Waals surface area contributed by atoms with E-state index in [1.54, 1.807) is 18.0 Å². The molecule has 0 amide bonds. The topological polar surface area (TPSA) is 127 Å². The first-order valence-corrected chi connectivity index (χ1v) is 9.21. The van der Waals surface area contributed by atoms with E-state index >= 15 is 0 Å². The predicted molar refractivity (Wildman–Crippen MR) is 101 cm³/mol. The quantitative estimate of drug-likeness (QED) is 0.665. The van der Waals surface area contributed by atoms with E-state index in [2.05, 4.69) is 15.0 Å². The standard InChI is InChI=1S/C19H21N5O5/c1-19-14(28-17(29-19)10-3-5-11(26-2)6-4-10)12(7-25)27-18(19)24-9-23-13-15(20)21-8-22-16(13)24/h3-6,8-9,12,14,17-18,25H,7H2,1-2H3,(H2,20,21,22)/t12-,14-,17?,18-,19-/m1/s1. The van der Waals surface area contributed by atoms with E-state index < -0.39 is 30.3 Å². The van der Waals surface area contributed by atoms with E-state index in [-0.39, 0.29) is 12.4 Å². The fourth-order valence-corrected chi connectivity index (χ4v) is 4.05. The Balaban J connectivity index is 1.52. The van der Waals surface area contributed by atoms with Crippen LogP contribution in [0.1, 0.15) is 25.0 Å². The molecule has 2 aliphatic rings. The van der Waals surface area contributed by atoms with Crippen molar-refractivity contribution in [3.8, 4) is 5.75 Å². The summed E-state index contributed by atoms with van der Waals surface area (Å²) in [6, 6.07) is 7.47. The van der Waals surface area contributed by atoms with E-state index in [4.69, 9.17) is 24.7 Å². The van der Waals surface area contributed by atoms with Crippen LogP contribution in [0.3, 0.4) is 0 Å². The van der Waals surface area contributed by atoms with Gasteiger partial charge in [0.05, 0.1) is 20.0 Å². The zero-order valence-electron chi connectivity index (χ0n) is 15.9. The number of hydrogen-bond donors (Lipinski definition) is 2. The fraction of sp³-hybridized carbons (Fsp3) is 0.421. The molecular weight excluding hydrogens is 378 g/mol. The second-order valence-corrected chi connectivity index (χ2v) is 7.26. The maximum absolute atomic E-state index is 9.88. The number of rotatable bonds is 4. The van der Waals surface area contributed by atoms with Crippen molar-refractivity contribution >= 4 is 17.0 Å². The van der Waals surface area contributed by atoms with Gasteiger partial charge in [-0.15, -0.1) is 0 Å². The van der Waals surface area contributed by atoms with Gasteiger partial charge in [-0.2, -0.15) is 0 Å². The lowest BCUT2D eigenvalue weighted by molar-refractivity contribution is -0.174. The van der Waals surface area contributed by atoms with Gasteiger partial charge in [-0.1, -0.05) is 12.1 Å². The van der Waals surface area contributed by atoms with Crippen molar-refractivity contribution in [1.29, 1.82) is 0 Å². The largest absolute Gasteiger partial charge is 0.497 e. The molecule has 2 aliphatic heterocycles. The molecule has 0 aliphatic carbocycles. The van der Waals surface area contributed by atoms with Gasteiger partial charge in [-0.3, -0.25) is 4.57 Å². The Kier molecular flexibility index (Phi) is 4.17. The molecule has 2 aromatic heterocycles. The molecule has 1 unspecified atom stereocenters. The summed E-state index contributed by atoms with van der Waals surface area (Å²) in [5.41, 5.74) is 6.88. The number of methoxy groups -OCH3 is 1. The number of fused-ring (bicyclic) bond motifs is 2. The highest BCUT2D eigenvalue weighted by Crippen LogP contribution is 2.52. The van der Waals surface area contributed by atoms with Crippen molar-refractivity contribution in [3.05, 3.63) is 42.5 Å². The molecule has 3 N–H and O–H groups in total. The number of nitrogens with zero attached hydrogens (tertiary/aromatic N) is 4. The normalized spacial score (nSPS) is 31.3. The maximum Gasteiger partial charge on any atom is 0.185 e. The molecule has 5 rings (SSSR count). The highest BCUT2D eigenvalue weighted by molar-refractivity contribution is 5.81. The Labute approximate surface area is 166 Å². The molecule has 29 heavy (non-hydrogen) atoms. The van der Waals surface area contributed by atoms with Gasteiger partial charge < -0.3 is 29.8 Å². The van der Waals surface area contributed by atoms with Gasteiger partial charge in [0.15, 0.2) is 24.0 Å². The average Bonchev–Trinajstić information content (AvgIpc) is 3.38. The van der Waals surface area contributed by atoms with Crippen molar-refractivity contribution in [2.45, 2.75) is 37.3 Å². The second kappa shape index (κ2) is 6.63. The monoisotopic (exact) mass is 399 g/mol. The third-order valence-corrected chi connectivity index (χ3v) is 5.54. The van der Waals surface area contributed by atoms with E-state index in [0.29, 0.717) is 11.2 Å². The number of imidazole rings is 1. The molecule has 0 spiro atoms. The van der Waals surface area contributed by atoms with Crippen LogP contribution in [0.2, 0.25) is 0 Å². The number of aliphatic hydroxyl groups excluding tert-OH is 1. The molecule has 0 saturated carbocycles. The van der Waals surface area contributed by atoms with E-state index in [9.17, 15) is 5.11 Å². The van der Waals surface area contributed by atoms with Crippen molar-refractivity contribution in [3.63, 3.8) is 0 Å². The molecular formula is C19H21N5O5. The number of benzene rings is 1. The fourth-order valence-electron chi connectivity index (χ4n) is 4.05. The molecule has 3 aromatic rings. The predicted octanol–water partition coefficient (Wildman–Crippen LogP) is 1.18. The van der Waals surface area contributed by atoms with Crippen LogP contribution in [0, 0.1) is 0 Å². The Morgan fingerprint density at radius 2 is 2.00 bits per heavy atom. The van der Waals surface area contributed by atoms with Gasteiger partial charge in [0.2, 0.25) is 0 Å². The molecule has 2 fully saturated rings. The Morgan fingerprint density at radius 3 is 2.72 bits per heavy atom. The van der Waals surface area contributed by atoms with Gasteiger partial charge in [0, 0.05) is 5.56 Å². The smallest absolute Gasteiger partial charge is 0.185 e. The zero-order valence-corrected chi connectivity index (χ0v) is 15.9. The van der Waals surface area contributed by atoms with Crippen LogP contribution in [0.5, 0.6) is 5.75 Å². The van der Waals surface area contributed by atoms with Gasteiger partial charge in [-0.05, 0) is 19.1 Å². The first-order valence-electron chi connectivity index (χ1n) is 9.21. The highest BCUT2D eigenvalue weighted by atomic mass is 16.8. The summed E-state index contributed by atoms with van der Waals surface area (Å²) in [6.45, 7) is 1.69. The number of aliphatic hydroxyl groups is 1. The lowest BCUT2D eigenvalue weighted by Gasteiger charge is -2.28. The lowest BCUT2D eigenvalue weighted by Crippen LogP contribution is -2.41. The van der Waals surface area contributed by atoms with E-state index in [0.717, 1.165) is 11.3 Å². The summed E-state index contributed by atoms with van der Waals surface area (Å²) in [7, 11) is 1.61. The van der Waals surface area contributed by atoms with Crippen LogP contribution in [-0.4, -0.2) is 56.2 Å². The number of hydrogen-bond acceptors (Lipinski definition) is 9. The highest BCUT2D eigenvalue weighted by Gasteiger charge is 2.62. The molecule has 5 atom stereocenters. The van der Waals surface area contributed by atoms with Crippen molar-refractivity contribution in [2.24, 2.45) is 0 Å². The lowest BCUT2D eigenvalue weighted by atomic mass is 9.96. The minimum atomic E-state index is -0.884. The summed E-state index contributed by atoms with van der Waals surface area (Å²) in [5.74, 6) is 1.03. The summed E-state index contributed by atoms with van der Waals surface area (Å²) >= 11 is 0. The van der Waals surface area contributed by atoms with Crippen LogP contribution in [0.25, 0.3) is 11.2 Å². The van der Waals surface area contributed by atoms with Crippen LogP contribution in [-0.2, 0) is 14.2 Å². The minimum Gasteiger partial charge on any atom is -0.497 e. The summed E-state index contributed by atoms with van der Waals surface area (Å²) in [5, 5.41) is 9.88. The third kappa shape index (κ3) is 2.68. The van der Waals surface area contributed by atoms with Crippen LogP contribution in [0.15, 0.2) is 36.9 Å². The van der Waals surface area contributed by atoms with Gasteiger partial charge in [0.1, 0.15) is 35.4 Å². The average molecular weight is 399 g/mol. The van der Waals surface area contributed by atoms with E-state index in [1.807, 2.05) is 31.2 Å². The SMILES string of the molecule is COc1ccc(C2O[C@@H]3[C@@H](CO)O[C@@H](n4cnc5c(N)ncnc54)[C@]3(C)O2)cc1. The van der Waals surface area contributed by atoms with Gasteiger partial charge >= 0.3 is 0 Å². The molecule has 1 aromatic carbocycles. The molecule has 152 valence electrons. The molecule has 2 saturated heterocycles. The third-order valence-electron chi connectivity index (χ3n) is 5.54. The number of aromatic nitrogens is 4. The summed E-state index contributed by atoms with van der Waals surface area (Å²) < 4.78 is 25.6. The van der Waals surface area contributed by atoms with Gasteiger partial charge in [-0.25, -0.2) is 15.0 Å². The van der Waals surface area contributed by atoms with Crippen molar-refractivity contribution in [1.82, 2.24) is 19.5 Å². The molecule has 0 bridgehead atoms. The first-order chi connectivity index (χ1) is 14.0. The number of nitrogen functional groups attached to an aromatic ring is 1. The molecule has 4 heterocycles. The zero-order chi connectivity index (χ0) is 20.2. The van der Waals surface area contributed by atoms with Gasteiger partial charge in [0.25, 0.3) is 0 Å². The maximum atomic E-state index is 9.88. The number of nitrogens with two attached hydrogens (primary N) is 1. The molecule has 10 heteroatoms.